The van der Waals surface area contributed by atoms with Gasteiger partial charge < -0.3 is 10.1 Å². The first-order valence-electron chi connectivity index (χ1n) is 8.97. The lowest BCUT2D eigenvalue weighted by Crippen LogP contribution is -2.21. The van der Waals surface area contributed by atoms with Crippen LogP contribution in [0.2, 0.25) is 5.02 Å². The van der Waals surface area contributed by atoms with E-state index in [0.717, 1.165) is 25.3 Å². The van der Waals surface area contributed by atoms with Gasteiger partial charge >= 0.3 is 6.18 Å². The molecule has 174 valence electrons. The number of hydrogen-bond acceptors (Lipinski definition) is 6. The van der Waals surface area contributed by atoms with Gasteiger partial charge in [0.1, 0.15) is 5.56 Å². The lowest BCUT2D eigenvalue weighted by atomic mass is 10.1. The Bertz CT molecular complexity index is 1330. The van der Waals surface area contributed by atoms with Crippen LogP contribution in [0.25, 0.3) is 0 Å². The van der Waals surface area contributed by atoms with Crippen molar-refractivity contribution in [2.24, 2.45) is 0 Å². The van der Waals surface area contributed by atoms with Crippen molar-refractivity contribution < 1.29 is 35.5 Å². The zero-order chi connectivity index (χ0) is 24.6. The summed E-state index contributed by atoms with van der Waals surface area (Å²) in [6.45, 7) is 0.967. The van der Waals surface area contributed by atoms with Crippen LogP contribution in [0.5, 0.6) is 11.6 Å². The number of alkyl halides is 3. The van der Waals surface area contributed by atoms with Crippen LogP contribution in [-0.4, -0.2) is 30.8 Å². The number of carbonyl (C=O) groups excluding carboxylic acids is 1. The Morgan fingerprint density at radius 3 is 2.39 bits per heavy atom. The Balaban J connectivity index is 2.11. The molecule has 1 aromatic heterocycles. The van der Waals surface area contributed by atoms with Gasteiger partial charge in [-0.3, -0.25) is 4.79 Å². The van der Waals surface area contributed by atoms with E-state index < -0.39 is 56.2 Å². The summed E-state index contributed by atoms with van der Waals surface area (Å²) in [6, 6.07) is 8.59. The fourth-order valence-electron chi connectivity index (χ4n) is 2.78. The van der Waals surface area contributed by atoms with E-state index in [1.807, 2.05) is 0 Å². The molecule has 0 atom stereocenters. The predicted molar refractivity (Wildman–Crippen MR) is 111 cm³/mol. The standard InChI is InChI=1S/C20H14ClF4N3O4S/c1-10-15(18(29)26-11-5-3-6-12(9-11)33(2,30)31)19(28-27-17(10)20(23,24)25)32-16-13(21)7-4-8-14(16)22/h3-9H,1-2H3,(H,26,29). The van der Waals surface area contributed by atoms with Crippen molar-refractivity contribution in [3.8, 4) is 11.6 Å². The topological polar surface area (TPSA) is 98.2 Å². The van der Waals surface area contributed by atoms with Gasteiger partial charge in [0.2, 0.25) is 0 Å². The zero-order valence-corrected chi connectivity index (χ0v) is 18.4. The highest BCUT2D eigenvalue weighted by molar-refractivity contribution is 7.90. The minimum Gasteiger partial charge on any atom is -0.432 e. The van der Waals surface area contributed by atoms with Crippen LogP contribution in [0, 0.1) is 12.7 Å². The summed E-state index contributed by atoms with van der Waals surface area (Å²) in [7, 11) is -3.62. The minimum absolute atomic E-state index is 0.0254. The second-order valence-electron chi connectivity index (χ2n) is 6.76. The van der Waals surface area contributed by atoms with E-state index in [4.69, 9.17) is 16.3 Å². The number of hydrogen-bond donors (Lipinski definition) is 1. The molecule has 3 aromatic rings. The maximum absolute atomic E-state index is 14.1. The monoisotopic (exact) mass is 503 g/mol. The number of rotatable bonds is 5. The molecule has 0 spiro atoms. The zero-order valence-electron chi connectivity index (χ0n) is 16.9. The van der Waals surface area contributed by atoms with Gasteiger partial charge in [-0.1, -0.05) is 23.7 Å². The van der Waals surface area contributed by atoms with Gasteiger partial charge in [0.25, 0.3) is 11.8 Å². The first-order chi connectivity index (χ1) is 15.3. The van der Waals surface area contributed by atoms with Crippen molar-refractivity contribution in [1.29, 1.82) is 0 Å². The maximum atomic E-state index is 14.1. The smallest absolute Gasteiger partial charge is 0.432 e. The van der Waals surface area contributed by atoms with Gasteiger partial charge in [-0.05, 0) is 42.8 Å². The molecule has 13 heteroatoms. The summed E-state index contributed by atoms with van der Waals surface area (Å²) in [6.07, 6.45) is -4.00. The Morgan fingerprint density at radius 1 is 1.12 bits per heavy atom. The molecule has 0 bridgehead atoms. The third kappa shape index (κ3) is 5.40. The molecule has 0 unspecified atom stereocenters. The first-order valence-corrected chi connectivity index (χ1v) is 11.2. The van der Waals surface area contributed by atoms with Gasteiger partial charge in [-0.2, -0.15) is 13.2 Å². The summed E-state index contributed by atoms with van der Waals surface area (Å²) in [5.41, 5.74) is -2.81. The molecule has 1 N–H and O–H groups in total. The Labute approximate surface area is 190 Å². The normalized spacial score (nSPS) is 11.8. The number of sulfone groups is 1. The van der Waals surface area contributed by atoms with Gasteiger partial charge in [0.15, 0.2) is 27.1 Å². The number of nitrogens with one attached hydrogen (secondary N) is 1. The first kappa shape index (κ1) is 24.4. The van der Waals surface area contributed by atoms with E-state index in [1.165, 1.54) is 30.3 Å². The van der Waals surface area contributed by atoms with E-state index in [9.17, 15) is 30.8 Å². The third-order valence-electron chi connectivity index (χ3n) is 4.32. The predicted octanol–water partition coefficient (Wildman–Crippen LogP) is 5.04. The second-order valence-corrected chi connectivity index (χ2v) is 9.18. The van der Waals surface area contributed by atoms with E-state index in [-0.39, 0.29) is 15.6 Å². The summed E-state index contributed by atoms with van der Waals surface area (Å²) >= 11 is 5.89. The SMILES string of the molecule is Cc1c(C(F)(F)F)nnc(Oc2c(F)cccc2Cl)c1C(=O)Nc1cccc(S(C)(=O)=O)c1. The number of para-hydroxylation sites is 1. The van der Waals surface area contributed by atoms with Gasteiger partial charge in [-0.25, -0.2) is 12.8 Å². The average Bonchev–Trinajstić information content (AvgIpc) is 2.69. The van der Waals surface area contributed by atoms with Crippen LogP contribution < -0.4 is 10.1 Å². The van der Waals surface area contributed by atoms with Crippen LogP contribution in [-0.2, 0) is 16.0 Å². The fraction of sp³-hybridized carbons (Fsp3) is 0.150. The van der Waals surface area contributed by atoms with Crippen LogP contribution in [0.1, 0.15) is 21.6 Å². The van der Waals surface area contributed by atoms with E-state index >= 15 is 0 Å². The average molecular weight is 504 g/mol. The van der Waals surface area contributed by atoms with Crippen molar-refractivity contribution in [2.45, 2.75) is 18.0 Å². The van der Waals surface area contributed by atoms with Crippen molar-refractivity contribution >= 4 is 33.0 Å². The van der Waals surface area contributed by atoms with Crippen molar-refractivity contribution in [2.75, 3.05) is 11.6 Å². The van der Waals surface area contributed by atoms with Crippen molar-refractivity contribution in [3.05, 3.63) is 70.1 Å². The largest absolute Gasteiger partial charge is 0.435 e. The summed E-state index contributed by atoms with van der Waals surface area (Å²) in [4.78, 5) is 12.8. The summed E-state index contributed by atoms with van der Waals surface area (Å²) < 4.78 is 83.0. The Hall–Kier alpha value is -3.25. The highest BCUT2D eigenvalue weighted by atomic mass is 35.5. The molecule has 0 aliphatic carbocycles. The molecule has 0 aliphatic heterocycles. The Kier molecular flexibility index (Phi) is 6.61. The van der Waals surface area contributed by atoms with Gasteiger partial charge in [0, 0.05) is 11.9 Å². The van der Waals surface area contributed by atoms with E-state index in [0.29, 0.717) is 0 Å². The maximum Gasteiger partial charge on any atom is 0.435 e. The lowest BCUT2D eigenvalue weighted by molar-refractivity contribution is -0.142. The Morgan fingerprint density at radius 2 is 1.79 bits per heavy atom. The molecule has 1 heterocycles. The molecule has 3 rings (SSSR count). The molecule has 1 amide bonds. The van der Waals surface area contributed by atoms with Crippen molar-refractivity contribution in [1.82, 2.24) is 10.2 Å². The van der Waals surface area contributed by atoms with Crippen LogP contribution in [0.3, 0.4) is 0 Å². The summed E-state index contributed by atoms with van der Waals surface area (Å²) in [5, 5.41) is 8.48. The number of nitrogens with zero attached hydrogens (tertiary/aromatic N) is 2. The number of benzene rings is 2. The number of halogens is 5. The van der Waals surface area contributed by atoms with Crippen molar-refractivity contribution in [3.63, 3.8) is 0 Å². The number of amides is 1. The van der Waals surface area contributed by atoms with E-state index in [2.05, 4.69) is 15.5 Å². The highest BCUT2D eigenvalue weighted by Crippen LogP contribution is 2.37. The highest BCUT2D eigenvalue weighted by Gasteiger charge is 2.38. The molecule has 0 fully saturated rings. The van der Waals surface area contributed by atoms with Gasteiger partial charge in [0.05, 0.1) is 9.92 Å². The van der Waals surface area contributed by atoms with Crippen LogP contribution >= 0.6 is 11.6 Å². The van der Waals surface area contributed by atoms with E-state index in [1.54, 1.807) is 0 Å². The second kappa shape index (κ2) is 8.94. The van der Waals surface area contributed by atoms with Crippen LogP contribution in [0.15, 0.2) is 47.4 Å². The summed E-state index contributed by atoms with van der Waals surface area (Å²) in [5.74, 6) is -3.37. The molecule has 2 aromatic carbocycles. The van der Waals surface area contributed by atoms with Crippen LogP contribution in [0.4, 0.5) is 23.2 Å². The molecular formula is C20H14ClF4N3O4S. The fourth-order valence-corrected chi connectivity index (χ4v) is 3.65. The van der Waals surface area contributed by atoms with Gasteiger partial charge in [-0.15, -0.1) is 10.2 Å². The molecule has 7 nitrogen and oxygen atoms in total. The molecule has 0 saturated carbocycles. The number of anilines is 1. The lowest BCUT2D eigenvalue weighted by Gasteiger charge is -2.16. The quantitative estimate of drug-likeness (QED) is 0.490. The molecule has 0 saturated heterocycles. The number of carbonyl (C=O) groups is 1. The molecule has 33 heavy (non-hydrogen) atoms. The molecule has 0 radical (unpaired) electrons. The third-order valence-corrected chi connectivity index (χ3v) is 5.73. The minimum atomic E-state index is -4.95. The number of aromatic nitrogens is 2. The number of ether oxygens (including phenoxy) is 1. The molecule has 0 aliphatic rings. The molecular weight excluding hydrogens is 490 g/mol.